The molecule has 1 saturated heterocycles. The zero-order valence-corrected chi connectivity index (χ0v) is 19.1. The van der Waals surface area contributed by atoms with Crippen LogP contribution in [-0.4, -0.2) is 62.8 Å². The second kappa shape index (κ2) is 11.1. The number of hydrogen-bond donors (Lipinski definition) is 2. The van der Waals surface area contributed by atoms with Crippen LogP contribution < -0.4 is 4.74 Å². The molecule has 0 spiro atoms. The van der Waals surface area contributed by atoms with Crippen LogP contribution in [0.25, 0.3) is 10.9 Å². The predicted molar refractivity (Wildman–Crippen MR) is 127 cm³/mol. The summed E-state index contributed by atoms with van der Waals surface area (Å²) in [6, 6.07) is 9.15. The van der Waals surface area contributed by atoms with Crippen molar-refractivity contribution in [1.82, 2.24) is 19.9 Å². The van der Waals surface area contributed by atoms with Crippen molar-refractivity contribution in [1.29, 1.82) is 0 Å². The number of methoxy groups -OCH3 is 1. The lowest BCUT2D eigenvalue weighted by molar-refractivity contribution is -0.146. The van der Waals surface area contributed by atoms with Crippen molar-refractivity contribution >= 4 is 16.9 Å². The number of hydrogen-bond acceptors (Lipinski definition) is 7. The number of aliphatic hydroxyl groups is 1. The standard InChI is InChI=1S/C26H28N4O4/c1-34-20-5-6-24-22(15-20)21(9-12-28-24)25(31)7-4-18-10-14-30(16-23(18)26(32)33)13-2-3-19-8-11-27-17-29-19/h5-6,8-9,11-12,15,17-18,23,25,31H,4,7,10,13-14,16H2,1H3,(H,32,33)/t18-,23+,25-/m1/s1. The Hall–Kier alpha value is -3.54. The van der Waals surface area contributed by atoms with Gasteiger partial charge in [-0.25, -0.2) is 9.97 Å². The Balaban J connectivity index is 1.38. The van der Waals surface area contributed by atoms with E-state index in [-0.39, 0.29) is 5.92 Å². The molecule has 3 aromatic rings. The number of pyridine rings is 1. The number of aromatic nitrogens is 3. The molecule has 4 rings (SSSR count). The summed E-state index contributed by atoms with van der Waals surface area (Å²) in [6.07, 6.45) is 5.95. The van der Waals surface area contributed by atoms with Gasteiger partial charge in [0.15, 0.2) is 0 Å². The summed E-state index contributed by atoms with van der Waals surface area (Å²) in [6.45, 7) is 1.72. The van der Waals surface area contributed by atoms with E-state index in [4.69, 9.17) is 4.74 Å². The van der Waals surface area contributed by atoms with E-state index >= 15 is 0 Å². The van der Waals surface area contributed by atoms with Crippen LogP contribution in [0.1, 0.15) is 36.6 Å². The summed E-state index contributed by atoms with van der Waals surface area (Å²) in [4.78, 5) is 26.4. The van der Waals surface area contributed by atoms with Gasteiger partial charge in [0.25, 0.3) is 0 Å². The summed E-state index contributed by atoms with van der Waals surface area (Å²) >= 11 is 0. The van der Waals surface area contributed by atoms with Crippen LogP contribution in [0.4, 0.5) is 0 Å². The summed E-state index contributed by atoms with van der Waals surface area (Å²) in [7, 11) is 1.60. The number of piperidine rings is 1. The van der Waals surface area contributed by atoms with Gasteiger partial charge in [-0.3, -0.25) is 14.7 Å². The molecule has 1 aliphatic heterocycles. The molecule has 8 nitrogen and oxygen atoms in total. The lowest BCUT2D eigenvalue weighted by Crippen LogP contribution is -2.44. The number of nitrogens with zero attached hydrogens (tertiary/aromatic N) is 4. The van der Waals surface area contributed by atoms with Gasteiger partial charge in [-0.05, 0) is 73.5 Å². The average molecular weight is 461 g/mol. The number of rotatable bonds is 7. The predicted octanol–water partition coefficient (Wildman–Crippen LogP) is 2.92. The maximum atomic E-state index is 12.0. The van der Waals surface area contributed by atoms with Gasteiger partial charge in [0, 0.05) is 24.3 Å². The number of carboxylic acids is 1. The minimum Gasteiger partial charge on any atom is -0.497 e. The van der Waals surface area contributed by atoms with E-state index < -0.39 is 18.0 Å². The van der Waals surface area contributed by atoms with E-state index in [1.807, 2.05) is 24.3 Å². The molecule has 0 amide bonds. The van der Waals surface area contributed by atoms with Gasteiger partial charge in [0.1, 0.15) is 17.8 Å². The van der Waals surface area contributed by atoms with E-state index in [0.29, 0.717) is 37.4 Å². The molecular weight excluding hydrogens is 432 g/mol. The van der Waals surface area contributed by atoms with E-state index in [9.17, 15) is 15.0 Å². The fourth-order valence-corrected chi connectivity index (χ4v) is 4.54. The Morgan fingerprint density at radius 1 is 1.26 bits per heavy atom. The van der Waals surface area contributed by atoms with Crippen LogP contribution in [0.15, 0.2) is 49.1 Å². The number of aliphatic hydroxyl groups excluding tert-OH is 1. The van der Waals surface area contributed by atoms with E-state index in [2.05, 4.69) is 31.7 Å². The van der Waals surface area contributed by atoms with Gasteiger partial charge in [0.05, 0.1) is 31.2 Å². The lowest BCUT2D eigenvalue weighted by Gasteiger charge is -2.36. The number of carbonyl (C=O) groups is 1. The molecule has 1 aromatic carbocycles. The Kier molecular flexibility index (Phi) is 7.68. The van der Waals surface area contributed by atoms with Crippen molar-refractivity contribution in [2.75, 3.05) is 26.7 Å². The molecule has 0 bridgehead atoms. The quantitative estimate of drug-likeness (QED) is 0.518. The van der Waals surface area contributed by atoms with E-state index in [1.165, 1.54) is 6.33 Å². The van der Waals surface area contributed by atoms with Crippen molar-refractivity contribution in [2.45, 2.75) is 25.4 Å². The van der Waals surface area contributed by atoms with Gasteiger partial charge in [-0.15, -0.1) is 0 Å². The highest BCUT2D eigenvalue weighted by Crippen LogP contribution is 2.33. The van der Waals surface area contributed by atoms with Gasteiger partial charge in [-0.1, -0.05) is 5.92 Å². The van der Waals surface area contributed by atoms with Crippen LogP contribution in [0.2, 0.25) is 0 Å². The van der Waals surface area contributed by atoms with Gasteiger partial charge >= 0.3 is 5.97 Å². The largest absolute Gasteiger partial charge is 0.497 e. The van der Waals surface area contributed by atoms with Gasteiger partial charge in [-0.2, -0.15) is 0 Å². The van der Waals surface area contributed by atoms with Crippen LogP contribution in [0.5, 0.6) is 5.75 Å². The summed E-state index contributed by atoms with van der Waals surface area (Å²) in [5.41, 5.74) is 2.22. The second-order valence-electron chi connectivity index (χ2n) is 8.50. The molecule has 176 valence electrons. The normalized spacial score (nSPS) is 19.2. The minimum absolute atomic E-state index is 0.000797. The first-order chi connectivity index (χ1) is 16.5. The number of fused-ring (bicyclic) bond motifs is 1. The van der Waals surface area contributed by atoms with Crippen molar-refractivity contribution in [3.8, 4) is 17.6 Å². The second-order valence-corrected chi connectivity index (χ2v) is 8.50. The van der Waals surface area contributed by atoms with Crippen molar-refractivity contribution in [2.24, 2.45) is 11.8 Å². The van der Waals surface area contributed by atoms with Crippen LogP contribution >= 0.6 is 0 Å². The Morgan fingerprint density at radius 3 is 2.91 bits per heavy atom. The molecule has 3 heterocycles. The first-order valence-electron chi connectivity index (χ1n) is 11.4. The molecule has 1 aliphatic rings. The molecule has 0 radical (unpaired) electrons. The molecule has 34 heavy (non-hydrogen) atoms. The SMILES string of the molecule is COc1ccc2nccc([C@H](O)CC[C@@H]3CCN(CC#Cc4ccncn4)C[C@@H]3C(=O)O)c2c1. The third-order valence-electron chi connectivity index (χ3n) is 6.41. The molecule has 0 aliphatic carbocycles. The fourth-order valence-electron chi connectivity index (χ4n) is 4.54. The highest BCUT2D eigenvalue weighted by molar-refractivity contribution is 5.83. The molecule has 0 saturated carbocycles. The number of benzene rings is 1. The van der Waals surface area contributed by atoms with Gasteiger partial charge < -0.3 is 14.9 Å². The van der Waals surface area contributed by atoms with E-state index in [0.717, 1.165) is 29.4 Å². The van der Waals surface area contributed by atoms with Crippen LogP contribution in [0.3, 0.4) is 0 Å². The zero-order valence-electron chi connectivity index (χ0n) is 19.1. The smallest absolute Gasteiger partial charge is 0.308 e. The zero-order chi connectivity index (χ0) is 23.9. The third-order valence-corrected chi connectivity index (χ3v) is 6.41. The number of carboxylic acid groups (broad SMARTS) is 1. The monoisotopic (exact) mass is 460 g/mol. The summed E-state index contributed by atoms with van der Waals surface area (Å²) in [5.74, 6) is 5.49. The van der Waals surface area contributed by atoms with Gasteiger partial charge in [0.2, 0.25) is 0 Å². The molecule has 2 aromatic heterocycles. The Morgan fingerprint density at radius 2 is 2.15 bits per heavy atom. The maximum absolute atomic E-state index is 12.0. The molecule has 3 atom stereocenters. The lowest BCUT2D eigenvalue weighted by atomic mass is 9.81. The third kappa shape index (κ3) is 5.68. The number of likely N-dealkylation sites (tertiary alicyclic amines) is 1. The fraction of sp³-hybridized carbons (Fsp3) is 0.385. The van der Waals surface area contributed by atoms with Crippen molar-refractivity contribution in [3.05, 3.63) is 60.3 Å². The average Bonchev–Trinajstić information content (AvgIpc) is 2.87. The Bertz CT molecular complexity index is 1190. The first kappa shape index (κ1) is 23.6. The first-order valence-corrected chi connectivity index (χ1v) is 11.4. The number of ether oxygens (including phenoxy) is 1. The Labute approximate surface area is 198 Å². The molecule has 2 N–H and O–H groups in total. The summed E-state index contributed by atoms with van der Waals surface area (Å²) in [5, 5.41) is 21.7. The highest BCUT2D eigenvalue weighted by Gasteiger charge is 2.34. The highest BCUT2D eigenvalue weighted by atomic mass is 16.5. The maximum Gasteiger partial charge on any atom is 0.308 e. The topological polar surface area (TPSA) is 109 Å². The summed E-state index contributed by atoms with van der Waals surface area (Å²) < 4.78 is 5.32. The molecule has 8 heteroatoms. The van der Waals surface area contributed by atoms with Crippen LogP contribution in [-0.2, 0) is 4.79 Å². The van der Waals surface area contributed by atoms with Crippen molar-refractivity contribution in [3.63, 3.8) is 0 Å². The molecular formula is C26H28N4O4. The minimum atomic E-state index is -0.799. The van der Waals surface area contributed by atoms with E-state index in [1.54, 1.807) is 25.6 Å². The van der Waals surface area contributed by atoms with Crippen molar-refractivity contribution < 1.29 is 19.7 Å². The number of aliphatic carboxylic acids is 1. The molecule has 0 unspecified atom stereocenters. The molecule has 1 fully saturated rings. The van der Waals surface area contributed by atoms with Crippen LogP contribution in [0, 0.1) is 23.7 Å².